The fraction of sp³-hybridized carbons (Fsp3) is 0. The van der Waals surface area contributed by atoms with E-state index >= 15 is 0 Å². The molecule has 0 aliphatic carbocycles. The fourth-order valence-corrected chi connectivity index (χ4v) is 1.82. The molecule has 0 radical (unpaired) electrons. The Balaban J connectivity index is 2.06. The van der Waals surface area contributed by atoms with Gasteiger partial charge in [-0.15, -0.1) is 0 Å². The third-order valence-electron chi connectivity index (χ3n) is 2.38. The molecular weight excluding hydrogens is 308 g/mol. The van der Waals surface area contributed by atoms with E-state index in [2.05, 4.69) is 26.5 Å². The molecule has 2 aromatic carbocycles. The van der Waals surface area contributed by atoms with Gasteiger partial charge in [0.05, 0.1) is 11.8 Å². The average Bonchev–Trinajstić information content (AvgIpc) is 2.42. The van der Waals surface area contributed by atoms with E-state index in [4.69, 9.17) is 0 Å². The Kier molecular flexibility index (Phi) is 4.30. The Morgan fingerprint density at radius 2 is 1.95 bits per heavy atom. The minimum absolute atomic E-state index is 0.0874. The normalized spacial score (nSPS) is 10.6. The second kappa shape index (κ2) is 6.15. The van der Waals surface area contributed by atoms with E-state index in [9.17, 15) is 9.90 Å². The Morgan fingerprint density at radius 1 is 1.21 bits per heavy atom. The van der Waals surface area contributed by atoms with E-state index in [1.54, 1.807) is 6.07 Å². The number of halogens is 1. The van der Waals surface area contributed by atoms with E-state index < -0.39 is 5.91 Å². The third-order valence-corrected chi connectivity index (χ3v) is 2.88. The predicted molar refractivity (Wildman–Crippen MR) is 77.3 cm³/mol. The molecule has 0 saturated carbocycles. The molecule has 0 heterocycles. The van der Waals surface area contributed by atoms with Crippen LogP contribution in [-0.2, 0) is 0 Å². The van der Waals surface area contributed by atoms with Gasteiger partial charge in [-0.2, -0.15) is 5.10 Å². The van der Waals surface area contributed by atoms with Gasteiger partial charge in [-0.1, -0.05) is 46.3 Å². The minimum atomic E-state index is -0.467. The summed E-state index contributed by atoms with van der Waals surface area (Å²) in [6.45, 7) is 0. The lowest BCUT2D eigenvalue weighted by Gasteiger charge is -2.03. The lowest BCUT2D eigenvalue weighted by Crippen LogP contribution is -2.17. The molecule has 0 saturated heterocycles. The maximum absolute atomic E-state index is 11.8. The molecule has 0 unspecified atom stereocenters. The van der Waals surface area contributed by atoms with Crippen molar-refractivity contribution in [2.45, 2.75) is 0 Å². The van der Waals surface area contributed by atoms with Gasteiger partial charge in [0.15, 0.2) is 0 Å². The van der Waals surface area contributed by atoms with E-state index in [0.29, 0.717) is 4.47 Å². The first-order chi connectivity index (χ1) is 9.16. The number of nitrogens with one attached hydrogen (secondary N) is 1. The Morgan fingerprint density at radius 3 is 2.68 bits per heavy atom. The molecule has 2 N–H and O–H groups in total. The van der Waals surface area contributed by atoms with Crippen molar-refractivity contribution in [3.05, 3.63) is 64.1 Å². The third kappa shape index (κ3) is 3.66. The number of hydrogen-bond acceptors (Lipinski definition) is 3. The topological polar surface area (TPSA) is 61.7 Å². The van der Waals surface area contributed by atoms with E-state index in [0.717, 1.165) is 5.56 Å². The zero-order valence-electron chi connectivity index (χ0n) is 9.88. The monoisotopic (exact) mass is 318 g/mol. The highest BCUT2D eigenvalue weighted by molar-refractivity contribution is 9.10. The molecule has 2 rings (SSSR count). The summed E-state index contributed by atoms with van der Waals surface area (Å²) in [5.41, 5.74) is 3.41. The smallest absolute Gasteiger partial charge is 0.275 e. The first-order valence-corrected chi connectivity index (χ1v) is 6.33. The number of hydrazone groups is 1. The highest BCUT2D eigenvalue weighted by Gasteiger charge is 2.10. The quantitative estimate of drug-likeness (QED) is 0.675. The number of phenols is 1. The minimum Gasteiger partial charge on any atom is -0.507 e. The van der Waals surface area contributed by atoms with E-state index in [-0.39, 0.29) is 11.3 Å². The zero-order valence-corrected chi connectivity index (χ0v) is 11.5. The summed E-state index contributed by atoms with van der Waals surface area (Å²) in [5, 5.41) is 13.4. The number of phenolic OH excluding ortho intramolecular Hbond substituents is 1. The molecule has 0 aliphatic rings. The maximum Gasteiger partial charge on any atom is 0.275 e. The molecule has 0 atom stereocenters. The number of carbonyl (C=O) groups is 1. The van der Waals surface area contributed by atoms with Crippen molar-refractivity contribution >= 4 is 28.1 Å². The van der Waals surface area contributed by atoms with E-state index in [1.165, 1.54) is 18.3 Å². The number of nitrogens with zero attached hydrogens (tertiary/aromatic N) is 1. The maximum atomic E-state index is 11.8. The molecule has 5 heteroatoms. The summed E-state index contributed by atoms with van der Waals surface area (Å²) in [7, 11) is 0. The van der Waals surface area contributed by atoms with Crippen LogP contribution in [0.2, 0.25) is 0 Å². The molecule has 0 fully saturated rings. The van der Waals surface area contributed by atoms with Gasteiger partial charge in [-0.25, -0.2) is 5.43 Å². The average molecular weight is 319 g/mol. The van der Waals surface area contributed by atoms with Crippen LogP contribution in [0.25, 0.3) is 0 Å². The van der Waals surface area contributed by atoms with Crippen LogP contribution in [0.4, 0.5) is 0 Å². The van der Waals surface area contributed by atoms with Gasteiger partial charge in [-0.3, -0.25) is 4.79 Å². The van der Waals surface area contributed by atoms with Gasteiger partial charge >= 0.3 is 0 Å². The molecule has 1 amide bonds. The van der Waals surface area contributed by atoms with Crippen molar-refractivity contribution in [2.24, 2.45) is 5.10 Å². The van der Waals surface area contributed by atoms with Gasteiger partial charge in [0.2, 0.25) is 0 Å². The van der Waals surface area contributed by atoms with Gasteiger partial charge < -0.3 is 5.11 Å². The summed E-state index contributed by atoms with van der Waals surface area (Å²) in [6.07, 6.45) is 1.53. The number of carbonyl (C=O) groups excluding carboxylic acids is 1. The summed E-state index contributed by atoms with van der Waals surface area (Å²) in [4.78, 5) is 11.8. The van der Waals surface area contributed by atoms with Crippen molar-refractivity contribution in [2.75, 3.05) is 0 Å². The van der Waals surface area contributed by atoms with Gasteiger partial charge in [0.1, 0.15) is 5.75 Å². The molecule has 0 spiro atoms. The van der Waals surface area contributed by atoms with Crippen molar-refractivity contribution in [3.63, 3.8) is 0 Å². The van der Waals surface area contributed by atoms with Crippen LogP contribution in [0.1, 0.15) is 15.9 Å². The molecule has 96 valence electrons. The van der Waals surface area contributed by atoms with Crippen LogP contribution in [-0.4, -0.2) is 17.2 Å². The number of aromatic hydroxyl groups is 1. The van der Waals surface area contributed by atoms with Gasteiger partial charge in [0.25, 0.3) is 5.91 Å². The second-order valence-electron chi connectivity index (χ2n) is 3.77. The van der Waals surface area contributed by atoms with Crippen LogP contribution in [0.15, 0.2) is 58.1 Å². The van der Waals surface area contributed by atoms with Crippen LogP contribution in [0, 0.1) is 0 Å². The summed E-state index contributed by atoms with van der Waals surface area (Å²) in [6, 6.07) is 14.0. The second-order valence-corrected chi connectivity index (χ2v) is 4.69. The molecule has 0 aromatic heterocycles. The SMILES string of the molecule is O=C(NN=Cc1ccccc1)c1cc(Br)ccc1O. The van der Waals surface area contributed by atoms with Crippen LogP contribution in [0.3, 0.4) is 0 Å². The first kappa shape index (κ1) is 13.3. The lowest BCUT2D eigenvalue weighted by molar-refractivity contribution is 0.0952. The highest BCUT2D eigenvalue weighted by atomic mass is 79.9. The van der Waals surface area contributed by atoms with Crippen LogP contribution < -0.4 is 5.43 Å². The summed E-state index contributed by atoms with van der Waals surface area (Å²) < 4.78 is 0.711. The Labute approximate surface area is 118 Å². The fourth-order valence-electron chi connectivity index (χ4n) is 1.45. The molecule has 19 heavy (non-hydrogen) atoms. The number of amides is 1. The molecule has 2 aromatic rings. The Hall–Kier alpha value is -2.14. The van der Waals surface area contributed by atoms with Gasteiger partial charge in [-0.05, 0) is 23.8 Å². The molecular formula is C14H11BrN2O2. The largest absolute Gasteiger partial charge is 0.507 e. The standard InChI is InChI=1S/C14H11BrN2O2/c15-11-6-7-13(18)12(8-11)14(19)17-16-9-10-4-2-1-3-5-10/h1-9,18H,(H,17,19). The van der Waals surface area contributed by atoms with Crippen LogP contribution >= 0.6 is 15.9 Å². The van der Waals surface area contributed by atoms with Crippen LogP contribution in [0.5, 0.6) is 5.75 Å². The number of rotatable bonds is 3. The summed E-state index contributed by atoms with van der Waals surface area (Å²) in [5.74, 6) is -0.554. The van der Waals surface area contributed by atoms with Crippen molar-refractivity contribution < 1.29 is 9.90 Å². The number of benzene rings is 2. The lowest BCUT2D eigenvalue weighted by atomic mass is 10.2. The highest BCUT2D eigenvalue weighted by Crippen LogP contribution is 2.21. The molecule has 0 bridgehead atoms. The predicted octanol–water partition coefficient (Wildman–Crippen LogP) is 2.92. The van der Waals surface area contributed by atoms with Crippen molar-refractivity contribution in [3.8, 4) is 5.75 Å². The van der Waals surface area contributed by atoms with E-state index in [1.807, 2.05) is 30.3 Å². The first-order valence-electron chi connectivity index (χ1n) is 5.54. The van der Waals surface area contributed by atoms with Gasteiger partial charge in [0, 0.05) is 4.47 Å². The van der Waals surface area contributed by atoms with Crippen molar-refractivity contribution in [1.29, 1.82) is 0 Å². The summed E-state index contributed by atoms with van der Waals surface area (Å²) >= 11 is 3.24. The van der Waals surface area contributed by atoms with Crippen molar-refractivity contribution in [1.82, 2.24) is 5.43 Å². The molecule has 0 aliphatic heterocycles. The number of hydrogen-bond donors (Lipinski definition) is 2. The zero-order chi connectivity index (χ0) is 13.7. The Bertz CT molecular complexity index is 612. The molecule has 4 nitrogen and oxygen atoms in total.